The highest BCUT2D eigenvalue weighted by molar-refractivity contribution is 7.92. The number of hydrogen-bond donors (Lipinski definition) is 1. The first-order valence-corrected chi connectivity index (χ1v) is 9.58. The van der Waals surface area contributed by atoms with Crippen LogP contribution in [0.3, 0.4) is 0 Å². The zero-order valence-electron chi connectivity index (χ0n) is 15.6. The summed E-state index contributed by atoms with van der Waals surface area (Å²) in [5.41, 5.74) is -0.474. The number of carbonyl (C=O) groups is 2. The molecule has 8 nitrogen and oxygen atoms in total. The molecule has 0 fully saturated rings. The molecule has 0 aliphatic heterocycles. The molecule has 12 heteroatoms. The van der Waals surface area contributed by atoms with Crippen LogP contribution < -0.4 is 9.46 Å². The van der Waals surface area contributed by atoms with E-state index in [4.69, 9.17) is 0 Å². The lowest BCUT2D eigenvalue weighted by molar-refractivity contribution is -0.153. The van der Waals surface area contributed by atoms with Gasteiger partial charge in [-0.1, -0.05) is 0 Å². The molecule has 0 heterocycles. The molecule has 2 rings (SSSR count). The summed E-state index contributed by atoms with van der Waals surface area (Å²) >= 11 is 0. The largest absolute Gasteiger partial charge is 0.484 e. The third kappa shape index (κ3) is 5.86. The molecule has 0 radical (unpaired) electrons. The van der Waals surface area contributed by atoms with Crippen LogP contribution in [0.15, 0.2) is 47.4 Å². The normalized spacial score (nSPS) is 11.5. The molecule has 2 aromatic carbocycles. The maximum Gasteiger partial charge on any atom is 0.422 e. The van der Waals surface area contributed by atoms with Gasteiger partial charge in [0.2, 0.25) is 0 Å². The van der Waals surface area contributed by atoms with Crippen LogP contribution in [0.2, 0.25) is 0 Å². The first-order chi connectivity index (χ1) is 14.0. The summed E-state index contributed by atoms with van der Waals surface area (Å²) in [7, 11) is -2.23. The van der Waals surface area contributed by atoms with Crippen molar-refractivity contribution >= 4 is 27.6 Å². The Hall–Kier alpha value is -3.28. The molecular formula is C18H16F3NO7S. The van der Waals surface area contributed by atoms with E-state index < -0.39 is 39.6 Å². The Bertz CT molecular complexity index is 1030. The second kappa shape index (κ2) is 9.03. The molecule has 0 aliphatic carbocycles. The molecule has 0 spiro atoms. The van der Waals surface area contributed by atoms with Crippen molar-refractivity contribution in [3.05, 3.63) is 53.6 Å². The van der Waals surface area contributed by atoms with Gasteiger partial charge in [-0.25, -0.2) is 18.0 Å². The van der Waals surface area contributed by atoms with E-state index in [2.05, 4.69) is 18.9 Å². The van der Waals surface area contributed by atoms with Gasteiger partial charge < -0.3 is 14.2 Å². The zero-order valence-corrected chi connectivity index (χ0v) is 16.5. The second-order valence-corrected chi connectivity index (χ2v) is 7.38. The Morgan fingerprint density at radius 1 is 0.967 bits per heavy atom. The highest BCUT2D eigenvalue weighted by atomic mass is 32.2. The number of hydrogen-bond acceptors (Lipinski definition) is 7. The van der Waals surface area contributed by atoms with Gasteiger partial charge in [-0.3, -0.25) is 4.72 Å². The van der Waals surface area contributed by atoms with Crippen LogP contribution in [-0.4, -0.2) is 47.4 Å². The molecule has 0 atom stereocenters. The third-order valence-electron chi connectivity index (χ3n) is 3.61. The lowest BCUT2D eigenvalue weighted by atomic mass is 10.1. The summed E-state index contributed by atoms with van der Waals surface area (Å²) in [5, 5.41) is 0. The number of nitrogens with one attached hydrogen (secondary N) is 1. The minimum Gasteiger partial charge on any atom is -0.484 e. The van der Waals surface area contributed by atoms with Crippen LogP contribution >= 0.6 is 0 Å². The van der Waals surface area contributed by atoms with Crippen molar-refractivity contribution in [1.82, 2.24) is 0 Å². The van der Waals surface area contributed by atoms with Crippen molar-refractivity contribution in [2.24, 2.45) is 0 Å². The van der Waals surface area contributed by atoms with Gasteiger partial charge in [-0.15, -0.1) is 0 Å². The molecule has 0 saturated heterocycles. The minimum absolute atomic E-state index is 0.0198. The lowest BCUT2D eigenvalue weighted by Crippen LogP contribution is -2.19. The molecule has 0 saturated carbocycles. The number of rotatable bonds is 7. The van der Waals surface area contributed by atoms with Gasteiger partial charge in [0.15, 0.2) is 6.61 Å². The van der Waals surface area contributed by atoms with Gasteiger partial charge in [0.25, 0.3) is 10.0 Å². The predicted octanol–water partition coefficient (Wildman–Crippen LogP) is 3.00. The van der Waals surface area contributed by atoms with E-state index in [1.165, 1.54) is 18.2 Å². The van der Waals surface area contributed by atoms with Crippen LogP contribution in [0, 0.1) is 0 Å². The number of methoxy groups -OCH3 is 2. The molecule has 2 aromatic rings. The first-order valence-electron chi connectivity index (χ1n) is 8.10. The van der Waals surface area contributed by atoms with E-state index in [9.17, 15) is 31.2 Å². The Morgan fingerprint density at radius 2 is 1.57 bits per heavy atom. The number of ether oxygens (including phenoxy) is 3. The summed E-state index contributed by atoms with van der Waals surface area (Å²) < 4.78 is 78.0. The maximum atomic E-state index is 12.8. The average Bonchev–Trinajstić information content (AvgIpc) is 2.70. The van der Waals surface area contributed by atoms with Crippen molar-refractivity contribution in [3.8, 4) is 5.75 Å². The first kappa shape index (κ1) is 23.0. The molecule has 0 aliphatic rings. The van der Waals surface area contributed by atoms with Crippen molar-refractivity contribution in [2.75, 3.05) is 25.5 Å². The summed E-state index contributed by atoms with van der Waals surface area (Å²) in [6.07, 6.45) is -4.52. The van der Waals surface area contributed by atoms with Crippen LogP contribution in [0.5, 0.6) is 5.75 Å². The molecular weight excluding hydrogens is 431 g/mol. The van der Waals surface area contributed by atoms with Crippen molar-refractivity contribution in [3.63, 3.8) is 0 Å². The SMILES string of the molecule is COC(=O)c1ccc(C(=O)OC)c(S(=O)(=O)Nc2ccc(OCC(F)(F)F)cc2)c1. The van der Waals surface area contributed by atoms with Gasteiger partial charge in [0, 0.05) is 5.69 Å². The monoisotopic (exact) mass is 447 g/mol. The highest BCUT2D eigenvalue weighted by Gasteiger charge is 2.28. The number of alkyl halides is 3. The topological polar surface area (TPSA) is 108 Å². The average molecular weight is 447 g/mol. The number of anilines is 1. The molecule has 162 valence electrons. The van der Waals surface area contributed by atoms with Gasteiger partial charge in [0.05, 0.1) is 25.3 Å². The van der Waals surface area contributed by atoms with Crippen molar-refractivity contribution in [1.29, 1.82) is 0 Å². The second-order valence-electron chi connectivity index (χ2n) is 5.73. The van der Waals surface area contributed by atoms with Crippen LogP contribution in [-0.2, 0) is 19.5 Å². The van der Waals surface area contributed by atoms with E-state index in [-0.39, 0.29) is 22.6 Å². The van der Waals surface area contributed by atoms with E-state index in [1.807, 2.05) is 0 Å². The molecule has 0 amide bonds. The van der Waals surface area contributed by atoms with Gasteiger partial charge >= 0.3 is 18.1 Å². The molecule has 0 aromatic heterocycles. The van der Waals surface area contributed by atoms with E-state index in [1.54, 1.807) is 0 Å². The summed E-state index contributed by atoms with van der Waals surface area (Å²) in [4.78, 5) is 23.1. The van der Waals surface area contributed by atoms with E-state index >= 15 is 0 Å². The highest BCUT2D eigenvalue weighted by Crippen LogP contribution is 2.25. The fourth-order valence-corrected chi connectivity index (χ4v) is 3.54. The number of carbonyl (C=O) groups excluding carboxylic acids is 2. The fraction of sp³-hybridized carbons (Fsp3) is 0.222. The Balaban J connectivity index is 2.34. The summed E-state index contributed by atoms with van der Waals surface area (Å²) in [6.45, 7) is -1.50. The smallest absolute Gasteiger partial charge is 0.422 e. The Morgan fingerprint density at radius 3 is 2.10 bits per heavy atom. The Labute approximate surface area is 169 Å². The number of esters is 2. The fourth-order valence-electron chi connectivity index (χ4n) is 2.26. The molecule has 0 unspecified atom stereocenters. The van der Waals surface area contributed by atoms with Crippen molar-refractivity contribution < 1.29 is 45.4 Å². The lowest BCUT2D eigenvalue weighted by Gasteiger charge is -2.13. The third-order valence-corrected chi connectivity index (χ3v) is 5.03. The van der Waals surface area contributed by atoms with Gasteiger partial charge in [0.1, 0.15) is 10.6 Å². The van der Waals surface area contributed by atoms with Crippen LogP contribution in [0.25, 0.3) is 0 Å². The number of halogens is 3. The van der Waals surface area contributed by atoms with Crippen LogP contribution in [0.4, 0.5) is 18.9 Å². The van der Waals surface area contributed by atoms with Crippen LogP contribution in [0.1, 0.15) is 20.7 Å². The summed E-state index contributed by atoms with van der Waals surface area (Å²) in [6, 6.07) is 7.85. The van der Waals surface area contributed by atoms with Crippen molar-refractivity contribution in [2.45, 2.75) is 11.1 Å². The Kier molecular flexibility index (Phi) is 6.92. The number of sulfonamides is 1. The summed E-state index contributed by atoms with van der Waals surface area (Å²) in [5.74, 6) is -1.91. The number of benzene rings is 2. The predicted molar refractivity (Wildman–Crippen MR) is 97.9 cm³/mol. The van der Waals surface area contributed by atoms with Gasteiger partial charge in [-0.05, 0) is 42.5 Å². The van der Waals surface area contributed by atoms with Gasteiger partial charge in [-0.2, -0.15) is 13.2 Å². The molecule has 0 bridgehead atoms. The van der Waals surface area contributed by atoms with E-state index in [0.29, 0.717) is 0 Å². The standard InChI is InChI=1S/C18H16F3NO7S/c1-27-16(23)11-3-8-14(17(24)28-2)15(9-11)30(25,26)22-12-4-6-13(7-5-12)29-10-18(19,20)21/h3-9,22H,10H2,1-2H3. The molecule has 30 heavy (non-hydrogen) atoms. The minimum atomic E-state index is -4.52. The maximum absolute atomic E-state index is 12.8. The molecule has 1 N–H and O–H groups in total. The quantitative estimate of drug-likeness (QED) is 0.650. The van der Waals surface area contributed by atoms with E-state index in [0.717, 1.165) is 38.5 Å². The zero-order chi connectivity index (χ0) is 22.5.